The fourth-order valence-electron chi connectivity index (χ4n) is 1.67. The highest BCUT2D eigenvalue weighted by molar-refractivity contribution is 9.10. The Morgan fingerprint density at radius 2 is 1.81 bits per heavy atom. The zero-order chi connectivity index (χ0) is 15.6. The molecule has 0 amide bonds. The Balaban J connectivity index is 2.27. The third-order valence-corrected chi connectivity index (χ3v) is 5.59. The molecule has 0 aliphatic carbocycles. The van der Waals surface area contributed by atoms with E-state index in [1.807, 2.05) is 12.1 Å². The zero-order valence-corrected chi connectivity index (χ0v) is 14.6. The normalized spacial score (nSPS) is 11.6. The van der Waals surface area contributed by atoms with Crippen molar-refractivity contribution in [3.63, 3.8) is 0 Å². The number of hydrogen-bond acceptors (Lipinski definition) is 3. The lowest BCUT2D eigenvalue weighted by molar-refractivity contribution is 0.580. The van der Waals surface area contributed by atoms with Gasteiger partial charge in [0.15, 0.2) is 0 Å². The molecule has 0 fully saturated rings. The van der Waals surface area contributed by atoms with Gasteiger partial charge in [0.05, 0.1) is 10.2 Å². The molecule has 8 heteroatoms. The van der Waals surface area contributed by atoms with Crippen molar-refractivity contribution in [1.82, 2.24) is 4.72 Å². The summed E-state index contributed by atoms with van der Waals surface area (Å²) < 4.78 is 41.1. The largest absolute Gasteiger partial charge is 0.398 e. The van der Waals surface area contributed by atoms with Gasteiger partial charge in [-0.25, -0.2) is 17.5 Å². The van der Waals surface area contributed by atoms with E-state index in [0.717, 1.165) is 22.2 Å². The van der Waals surface area contributed by atoms with Gasteiger partial charge in [-0.05, 0) is 39.7 Å². The van der Waals surface area contributed by atoms with Crippen LogP contribution in [0.2, 0.25) is 0 Å². The number of halogens is 3. The van der Waals surface area contributed by atoms with E-state index in [1.165, 1.54) is 0 Å². The predicted molar refractivity (Wildman–Crippen MR) is 86.7 cm³/mol. The number of hydrogen-bond donors (Lipinski definition) is 2. The van der Waals surface area contributed by atoms with Crippen LogP contribution in [0.3, 0.4) is 0 Å². The number of sulfonamides is 1. The molecule has 2 aromatic rings. The van der Waals surface area contributed by atoms with Crippen molar-refractivity contribution in [2.75, 3.05) is 5.73 Å². The number of nitrogen functional groups attached to an aromatic ring is 1. The monoisotopic (exact) mass is 436 g/mol. The van der Waals surface area contributed by atoms with Crippen molar-refractivity contribution in [3.05, 3.63) is 56.7 Å². The minimum Gasteiger partial charge on any atom is -0.398 e. The van der Waals surface area contributed by atoms with Gasteiger partial charge in [0.1, 0.15) is 10.7 Å². The van der Waals surface area contributed by atoms with Gasteiger partial charge in [-0.1, -0.05) is 34.1 Å². The average molecular weight is 438 g/mol. The van der Waals surface area contributed by atoms with E-state index in [0.29, 0.717) is 0 Å². The number of nitrogens with two attached hydrogens (primary N) is 1. The highest BCUT2D eigenvalue weighted by atomic mass is 79.9. The predicted octanol–water partition coefficient (Wildman–Crippen LogP) is 3.41. The van der Waals surface area contributed by atoms with E-state index >= 15 is 0 Å². The van der Waals surface area contributed by atoms with Gasteiger partial charge in [0.2, 0.25) is 10.0 Å². The highest BCUT2D eigenvalue weighted by Gasteiger charge is 2.19. The summed E-state index contributed by atoms with van der Waals surface area (Å²) >= 11 is 6.29. The van der Waals surface area contributed by atoms with Crippen LogP contribution in [-0.4, -0.2) is 8.42 Å². The summed E-state index contributed by atoms with van der Waals surface area (Å²) in [7, 11) is -3.84. The summed E-state index contributed by atoms with van der Waals surface area (Å²) in [5.74, 6) is -0.614. The molecule has 0 spiro atoms. The lowest BCUT2D eigenvalue weighted by atomic mass is 10.2. The van der Waals surface area contributed by atoms with Crippen LogP contribution < -0.4 is 10.5 Å². The Hall–Kier alpha value is -0.960. The molecule has 21 heavy (non-hydrogen) atoms. The third-order valence-electron chi connectivity index (χ3n) is 2.75. The zero-order valence-electron chi connectivity index (χ0n) is 10.6. The SMILES string of the molecule is Nc1cc(F)c(Br)cc1S(=O)(=O)NCc1ccccc1Br. The Bertz CT molecular complexity index is 782. The summed E-state index contributed by atoms with van der Waals surface area (Å²) in [4.78, 5) is -0.164. The van der Waals surface area contributed by atoms with Crippen molar-refractivity contribution in [2.45, 2.75) is 11.4 Å². The van der Waals surface area contributed by atoms with Gasteiger partial charge in [-0.3, -0.25) is 0 Å². The Morgan fingerprint density at radius 1 is 1.14 bits per heavy atom. The van der Waals surface area contributed by atoms with E-state index in [-0.39, 0.29) is 21.6 Å². The molecular weight excluding hydrogens is 427 g/mol. The molecular formula is C13H11Br2FN2O2S. The summed E-state index contributed by atoms with van der Waals surface area (Å²) in [5.41, 5.74) is 6.22. The van der Waals surface area contributed by atoms with E-state index in [1.54, 1.807) is 12.1 Å². The van der Waals surface area contributed by atoms with Crippen molar-refractivity contribution < 1.29 is 12.8 Å². The molecule has 0 heterocycles. The molecule has 0 radical (unpaired) electrons. The number of benzene rings is 2. The standard InChI is InChI=1S/C13H11Br2FN2O2S/c14-9-4-2-1-3-8(9)7-18-21(19,20)13-5-10(15)11(16)6-12(13)17/h1-6,18H,7,17H2. The second-order valence-corrected chi connectivity index (χ2v) is 7.66. The molecule has 4 nitrogen and oxygen atoms in total. The number of nitrogens with one attached hydrogen (secondary N) is 1. The molecule has 0 aliphatic heterocycles. The first kappa shape index (κ1) is 16.4. The molecule has 0 bridgehead atoms. The Labute approximate surface area is 138 Å². The first-order valence-corrected chi connectivity index (χ1v) is 8.86. The van der Waals surface area contributed by atoms with Crippen molar-refractivity contribution >= 4 is 47.6 Å². The quantitative estimate of drug-likeness (QED) is 0.720. The third kappa shape index (κ3) is 3.82. The lowest BCUT2D eigenvalue weighted by Gasteiger charge is -2.11. The smallest absolute Gasteiger partial charge is 0.242 e. The second kappa shape index (κ2) is 6.43. The maximum Gasteiger partial charge on any atom is 0.242 e. The molecule has 0 aromatic heterocycles. The van der Waals surface area contributed by atoms with E-state index in [9.17, 15) is 12.8 Å². The summed E-state index contributed by atoms with van der Waals surface area (Å²) in [6.45, 7) is 0.0954. The van der Waals surface area contributed by atoms with Crippen LogP contribution in [-0.2, 0) is 16.6 Å². The van der Waals surface area contributed by atoms with Crippen molar-refractivity contribution in [3.8, 4) is 0 Å². The van der Waals surface area contributed by atoms with Gasteiger partial charge in [0, 0.05) is 11.0 Å². The number of rotatable bonds is 4. The Morgan fingerprint density at radius 3 is 2.48 bits per heavy atom. The molecule has 0 saturated heterocycles. The highest BCUT2D eigenvalue weighted by Crippen LogP contribution is 2.26. The first-order valence-electron chi connectivity index (χ1n) is 5.79. The van der Waals surface area contributed by atoms with Crippen molar-refractivity contribution in [1.29, 1.82) is 0 Å². The van der Waals surface area contributed by atoms with Crippen molar-refractivity contribution in [2.24, 2.45) is 0 Å². The molecule has 0 atom stereocenters. The summed E-state index contributed by atoms with van der Waals surface area (Å²) in [6.07, 6.45) is 0. The van der Waals surface area contributed by atoms with Gasteiger partial charge in [-0.2, -0.15) is 0 Å². The lowest BCUT2D eigenvalue weighted by Crippen LogP contribution is -2.24. The van der Waals surface area contributed by atoms with Crippen LogP contribution in [0.25, 0.3) is 0 Å². The minimum absolute atomic E-state index is 0.0398. The average Bonchev–Trinajstić information content (AvgIpc) is 2.42. The maximum atomic E-state index is 13.3. The summed E-state index contributed by atoms with van der Waals surface area (Å²) in [5, 5.41) is 0. The molecule has 0 aliphatic rings. The molecule has 0 saturated carbocycles. The van der Waals surface area contributed by atoms with E-state index in [4.69, 9.17) is 5.73 Å². The van der Waals surface area contributed by atoms with Crippen LogP contribution in [0, 0.1) is 5.82 Å². The van der Waals surface area contributed by atoms with Crippen LogP contribution in [0.1, 0.15) is 5.56 Å². The van der Waals surface area contributed by atoms with E-state index in [2.05, 4.69) is 36.6 Å². The van der Waals surface area contributed by atoms with E-state index < -0.39 is 15.8 Å². The van der Waals surface area contributed by atoms with Gasteiger partial charge >= 0.3 is 0 Å². The number of anilines is 1. The Kier molecular flexibility index (Phi) is 5.03. The summed E-state index contributed by atoms with van der Waals surface area (Å²) in [6, 6.07) is 9.35. The second-order valence-electron chi connectivity index (χ2n) is 4.22. The van der Waals surface area contributed by atoms with Crippen LogP contribution in [0.15, 0.2) is 50.2 Å². The van der Waals surface area contributed by atoms with Crippen LogP contribution in [0.5, 0.6) is 0 Å². The molecule has 112 valence electrons. The molecule has 3 N–H and O–H groups in total. The minimum atomic E-state index is -3.84. The van der Waals surface area contributed by atoms with Crippen LogP contribution >= 0.6 is 31.9 Å². The van der Waals surface area contributed by atoms with Gasteiger partial charge < -0.3 is 5.73 Å². The van der Waals surface area contributed by atoms with Gasteiger partial charge in [-0.15, -0.1) is 0 Å². The van der Waals surface area contributed by atoms with Crippen LogP contribution in [0.4, 0.5) is 10.1 Å². The van der Waals surface area contributed by atoms with Gasteiger partial charge in [0.25, 0.3) is 0 Å². The molecule has 0 unspecified atom stereocenters. The molecule has 2 aromatic carbocycles. The maximum absolute atomic E-state index is 13.3. The fourth-order valence-corrected chi connectivity index (χ4v) is 3.73. The first-order chi connectivity index (χ1) is 9.81. The topological polar surface area (TPSA) is 72.2 Å². The fraction of sp³-hybridized carbons (Fsp3) is 0.0769. The molecule has 2 rings (SSSR count).